The molecule has 0 aliphatic carbocycles. The minimum Gasteiger partial charge on any atom is -0.464 e. The molecule has 3 unspecified atom stereocenters. The van der Waals surface area contributed by atoms with Crippen molar-refractivity contribution in [2.75, 3.05) is 18.5 Å². The zero-order valence-electron chi connectivity index (χ0n) is 23.0. The number of aliphatic hydroxyl groups excluding tert-OH is 1. The molecule has 7 nitrogen and oxygen atoms in total. The van der Waals surface area contributed by atoms with Crippen LogP contribution in [0.25, 0.3) is 31.8 Å². The quantitative estimate of drug-likeness (QED) is 0.192. The van der Waals surface area contributed by atoms with Gasteiger partial charge in [0.2, 0.25) is 6.29 Å². The number of amides is 1. The van der Waals surface area contributed by atoms with E-state index in [1.54, 1.807) is 17.6 Å². The maximum Gasteiger partial charge on any atom is 0.290 e. The number of rotatable bonds is 9. The number of para-hydroxylation sites is 1. The van der Waals surface area contributed by atoms with Gasteiger partial charge in [-0.25, -0.2) is 4.98 Å². The molecule has 3 aromatic carbocycles. The zero-order valence-corrected chi connectivity index (χ0v) is 23.8. The van der Waals surface area contributed by atoms with E-state index in [0.29, 0.717) is 25.1 Å². The molecule has 2 N–H and O–H groups in total. The third kappa shape index (κ3) is 5.63. The van der Waals surface area contributed by atoms with E-state index in [2.05, 4.69) is 24.4 Å². The third-order valence-corrected chi connectivity index (χ3v) is 8.51. The van der Waals surface area contributed by atoms with Crippen molar-refractivity contribution in [2.45, 2.75) is 38.9 Å². The van der Waals surface area contributed by atoms with Gasteiger partial charge in [0.1, 0.15) is 10.6 Å². The van der Waals surface area contributed by atoms with Crippen LogP contribution >= 0.6 is 11.3 Å². The molecule has 210 valence electrons. The molecule has 1 aliphatic rings. The molecule has 3 heterocycles. The van der Waals surface area contributed by atoms with Crippen LogP contribution in [-0.2, 0) is 14.3 Å². The molecule has 0 fully saturated rings. The topological polar surface area (TPSA) is 93.8 Å². The highest BCUT2D eigenvalue weighted by Crippen LogP contribution is 2.42. The number of nitrogens with zero attached hydrogens (tertiary/aromatic N) is 1. The van der Waals surface area contributed by atoms with E-state index in [1.807, 2.05) is 67.6 Å². The molecule has 2 aromatic heterocycles. The zero-order chi connectivity index (χ0) is 28.3. The van der Waals surface area contributed by atoms with Crippen LogP contribution in [0.4, 0.5) is 5.69 Å². The van der Waals surface area contributed by atoms with Crippen molar-refractivity contribution in [3.05, 3.63) is 96.0 Å². The van der Waals surface area contributed by atoms with Gasteiger partial charge in [0, 0.05) is 47.3 Å². The normalized spacial score (nSPS) is 18.8. The van der Waals surface area contributed by atoms with Crippen LogP contribution in [0.1, 0.15) is 36.8 Å². The molecule has 1 amide bonds. The fraction of sp³-hybridized carbons (Fsp3) is 0.273. The number of ether oxygens (including phenoxy) is 2. The van der Waals surface area contributed by atoms with Crippen LogP contribution in [0.3, 0.4) is 0 Å². The number of hydrogen-bond donors (Lipinski definition) is 2. The summed E-state index contributed by atoms with van der Waals surface area (Å²) in [4.78, 5) is 18.2. The number of thiazole rings is 1. The highest BCUT2D eigenvalue weighted by Gasteiger charge is 2.39. The average Bonchev–Trinajstić information content (AvgIpc) is 3.61. The Morgan fingerprint density at radius 3 is 2.76 bits per heavy atom. The number of aromatic nitrogens is 1. The smallest absolute Gasteiger partial charge is 0.290 e. The molecule has 0 bridgehead atoms. The minimum atomic E-state index is -0.638. The monoisotopic (exact) mass is 568 g/mol. The van der Waals surface area contributed by atoms with E-state index in [4.69, 9.17) is 18.9 Å². The highest BCUT2D eigenvalue weighted by molar-refractivity contribution is 7.21. The molecular weight excluding hydrogens is 536 g/mol. The van der Waals surface area contributed by atoms with Gasteiger partial charge >= 0.3 is 0 Å². The summed E-state index contributed by atoms with van der Waals surface area (Å²) in [6, 6.07) is 21.8. The SMILES string of the molecule is CCOC1OC(C(=O)Nc2ccc(-c3nc4ccc(C)cc4s3)cc2)=CC(c2coc3ccccc23)C1CCCO. The molecule has 5 aromatic rings. The maximum absolute atomic E-state index is 13.5. The molecule has 41 heavy (non-hydrogen) atoms. The number of carbonyl (C=O) groups is 1. The molecule has 6 rings (SSSR count). The molecule has 0 saturated heterocycles. The average molecular weight is 569 g/mol. The molecule has 3 atom stereocenters. The van der Waals surface area contributed by atoms with Crippen molar-refractivity contribution < 1.29 is 23.8 Å². The number of nitrogens with one attached hydrogen (secondary N) is 1. The van der Waals surface area contributed by atoms with E-state index in [-0.39, 0.29) is 30.1 Å². The highest BCUT2D eigenvalue weighted by atomic mass is 32.1. The second-order valence-corrected chi connectivity index (χ2v) is 11.3. The summed E-state index contributed by atoms with van der Waals surface area (Å²) in [5, 5.41) is 14.5. The minimum absolute atomic E-state index is 0.0674. The predicted octanol–water partition coefficient (Wildman–Crippen LogP) is 7.41. The lowest BCUT2D eigenvalue weighted by molar-refractivity contribution is -0.164. The summed E-state index contributed by atoms with van der Waals surface area (Å²) < 4.78 is 19.2. The standard InChI is InChI=1S/C33H32N2O5S/c1-3-38-33-24(8-6-16-36)25(26-19-39-28-9-5-4-7-23(26)28)18-29(40-33)31(37)34-22-13-11-21(12-14-22)32-35-27-15-10-20(2)17-30(27)41-32/h4-5,7,9-15,17-19,24-25,33,36H,3,6,8,16H2,1-2H3,(H,34,37). The number of furan rings is 1. The summed E-state index contributed by atoms with van der Waals surface area (Å²) >= 11 is 1.65. The summed E-state index contributed by atoms with van der Waals surface area (Å²) in [5.74, 6) is -0.446. The number of hydrogen-bond acceptors (Lipinski definition) is 7. The molecular formula is C33H32N2O5S. The first-order chi connectivity index (χ1) is 20.0. The predicted molar refractivity (Wildman–Crippen MR) is 162 cm³/mol. The van der Waals surface area contributed by atoms with Crippen LogP contribution in [-0.4, -0.2) is 35.5 Å². The van der Waals surface area contributed by atoms with Crippen LogP contribution in [0, 0.1) is 12.8 Å². The van der Waals surface area contributed by atoms with Gasteiger partial charge in [-0.1, -0.05) is 24.3 Å². The van der Waals surface area contributed by atoms with E-state index >= 15 is 0 Å². The van der Waals surface area contributed by atoms with Crippen molar-refractivity contribution in [3.63, 3.8) is 0 Å². The van der Waals surface area contributed by atoms with Gasteiger partial charge in [0.15, 0.2) is 5.76 Å². The first kappa shape index (κ1) is 27.2. The number of aryl methyl sites for hydroxylation is 1. The lowest BCUT2D eigenvalue weighted by atomic mass is 9.80. The van der Waals surface area contributed by atoms with Crippen LogP contribution in [0.15, 0.2) is 89.2 Å². The molecule has 0 saturated carbocycles. The van der Waals surface area contributed by atoms with Crippen LogP contribution < -0.4 is 5.32 Å². The first-order valence-corrected chi connectivity index (χ1v) is 14.7. The molecule has 1 aliphatic heterocycles. The number of benzene rings is 3. The van der Waals surface area contributed by atoms with Crippen LogP contribution in [0.2, 0.25) is 0 Å². The van der Waals surface area contributed by atoms with Crippen molar-refractivity contribution in [2.24, 2.45) is 5.92 Å². The summed E-state index contributed by atoms with van der Waals surface area (Å²) in [6.07, 6.45) is 4.25. The molecule has 8 heteroatoms. The third-order valence-electron chi connectivity index (χ3n) is 7.44. The summed E-state index contributed by atoms with van der Waals surface area (Å²) in [7, 11) is 0. The fourth-order valence-corrected chi connectivity index (χ4v) is 6.49. The largest absolute Gasteiger partial charge is 0.464 e. The second kappa shape index (κ2) is 11.9. The van der Waals surface area contributed by atoms with Gasteiger partial charge in [-0.05, 0) is 80.8 Å². The van der Waals surface area contributed by atoms with Gasteiger partial charge in [-0.3, -0.25) is 4.79 Å². The van der Waals surface area contributed by atoms with Gasteiger partial charge in [0.25, 0.3) is 5.91 Å². The van der Waals surface area contributed by atoms with Crippen molar-refractivity contribution >= 4 is 44.1 Å². The Balaban J connectivity index is 1.27. The van der Waals surface area contributed by atoms with Crippen molar-refractivity contribution in [3.8, 4) is 10.6 Å². The molecule has 0 spiro atoms. The van der Waals surface area contributed by atoms with Gasteiger partial charge in [-0.2, -0.15) is 0 Å². The number of allylic oxidation sites excluding steroid dienone is 1. The number of carbonyl (C=O) groups excluding carboxylic acids is 1. The number of fused-ring (bicyclic) bond motifs is 2. The Labute approximate surface area is 242 Å². The van der Waals surface area contributed by atoms with E-state index < -0.39 is 6.29 Å². The first-order valence-electron chi connectivity index (χ1n) is 13.9. The van der Waals surface area contributed by atoms with Crippen molar-refractivity contribution in [1.29, 1.82) is 0 Å². The van der Waals surface area contributed by atoms with E-state index in [0.717, 1.165) is 37.3 Å². The molecule has 0 radical (unpaired) electrons. The van der Waals surface area contributed by atoms with Gasteiger partial charge in [-0.15, -0.1) is 11.3 Å². The Kier molecular flexibility index (Phi) is 7.87. The van der Waals surface area contributed by atoms with Crippen LogP contribution in [0.5, 0.6) is 0 Å². The Bertz CT molecular complexity index is 1700. The number of anilines is 1. The number of aliphatic hydroxyl groups is 1. The fourth-order valence-electron chi connectivity index (χ4n) is 5.42. The maximum atomic E-state index is 13.5. The lowest BCUT2D eigenvalue weighted by Crippen LogP contribution is -2.37. The second-order valence-electron chi connectivity index (χ2n) is 10.2. The van der Waals surface area contributed by atoms with Gasteiger partial charge < -0.3 is 24.3 Å². The lowest BCUT2D eigenvalue weighted by Gasteiger charge is -2.36. The summed E-state index contributed by atoms with van der Waals surface area (Å²) in [6.45, 7) is 4.48. The Morgan fingerprint density at radius 2 is 1.95 bits per heavy atom. The Hall–Kier alpha value is -3.98. The van der Waals surface area contributed by atoms with Crippen molar-refractivity contribution in [1.82, 2.24) is 4.98 Å². The van der Waals surface area contributed by atoms with E-state index in [1.165, 1.54) is 5.56 Å². The summed E-state index contributed by atoms with van der Waals surface area (Å²) in [5.41, 5.74) is 5.59. The van der Waals surface area contributed by atoms with Gasteiger partial charge in [0.05, 0.1) is 16.5 Å². The van der Waals surface area contributed by atoms with E-state index in [9.17, 15) is 9.90 Å². The Morgan fingerprint density at radius 1 is 1.12 bits per heavy atom.